The highest BCUT2D eigenvalue weighted by atomic mass is 35.5. The Kier molecular flexibility index (Phi) is 2.59. The maximum Gasteiger partial charge on any atom is 0.0804 e. The maximum atomic E-state index is 6.05. The molecular formula is C9H10ClNS. The molecule has 3 heteroatoms. The molecule has 0 radical (unpaired) electrons. The lowest BCUT2D eigenvalue weighted by molar-refractivity contribution is 0.751. The van der Waals surface area contributed by atoms with Crippen LogP contribution in [-0.4, -0.2) is 12.3 Å². The zero-order valence-corrected chi connectivity index (χ0v) is 8.16. The summed E-state index contributed by atoms with van der Waals surface area (Å²) in [5, 5.41) is 4.66. The van der Waals surface area contributed by atoms with Crippen molar-refractivity contribution < 1.29 is 0 Å². The zero-order chi connectivity index (χ0) is 8.39. The van der Waals surface area contributed by atoms with Gasteiger partial charge in [-0.2, -0.15) is 0 Å². The van der Waals surface area contributed by atoms with Crippen LogP contribution in [0.2, 0.25) is 5.02 Å². The number of nitrogens with one attached hydrogen (secondary N) is 1. The molecule has 64 valence electrons. The van der Waals surface area contributed by atoms with E-state index in [2.05, 4.69) is 11.4 Å². The van der Waals surface area contributed by atoms with Gasteiger partial charge in [0.25, 0.3) is 0 Å². The van der Waals surface area contributed by atoms with Crippen molar-refractivity contribution in [1.82, 2.24) is 5.32 Å². The van der Waals surface area contributed by atoms with Gasteiger partial charge >= 0.3 is 0 Å². The van der Waals surface area contributed by atoms with Crippen molar-refractivity contribution in [1.29, 1.82) is 0 Å². The number of halogens is 1. The summed E-state index contributed by atoms with van der Waals surface area (Å²) in [6, 6.07) is 8.02. The molecule has 1 aromatic rings. The standard InChI is InChI=1S/C9H10ClNS/c10-8-4-2-1-3-7(8)9-11-5-6-12-9/h1-4,9,11H,5-6H2. The third-order valence-corrected chi connectivity index (χ3v) is 3.44. The Bertz CT molecular complexity index is 271. The molecule has 0 aliphatic carbocycles. The Hall–Kier alpha value is -0.180. The van der Waals surface area contributed by atoms with E-state index >= 15 is 0 Å². The summed E-state index contributed by atoms with van der Waals surface area (Å²) in [5.41, 5.74) is 1.21. The molecule has 1 nitrogen and oxygen atoms in total. The molecular weight excluding hydrogens is 190 g/mol. The van der Waals surface area contributed by atoms with Gasteiger partial charge in [0.05, 0.1) is 5.37 Å². The van der Waals surface area contributed by atoms with Gasteiger partial charge in [-0.1, -0.05) is 29.8 Å². The van der Waals surface area contributed by atoms with E-state index in [1.165, 1.54) is 11.3 Å². The zero-order valence-electron chi connectivity index (χ0n) is 6.59. The van der Waals surface area contributed by atoms with Gasteiger partial charge < -0.3 is 5.32 Å². The van der Waals surface area contributed by atoms with E-state index < -0.39 is 0 Å². The summed E-state index contributed by atoms with van der Waals surface area (Å²) in [6.07, 6.45) is 0. The van der Waals surface area contributed by atoms with Gasteiger partial charge in [0.2, 0.25) is 0 Å². The molecule has 1 fully saturated rings. The van der Waals surface area contributed by atoms with E-state index in [0.717, 1.165) is 11.6 Å². The van der Waals surface area contributed by atoms with Crippen LogP contribution in [0.25, 0.3) is 0 Å². The van der Waals surface area contributed by atoms with E-state index in [1.54, 1.807) is 0 Å². The second-order valence-corrected chi connectivity index (χ2v) is 4.35. The quantitative estimate of drug-likeness (QED) is 0.747. The fourth-order valence-electron chi connectivity index (χ4n) is 1.31. The first-order chi connectivity index (χ1) is 5.88. The van der Waals surface area contributed by atoms with Crippen LogP contribution in [0.4, 0.5) is 0 Å². The molecule has 1 saturated heterocycles. The largest absolute Gasteiger partial charge is 0.301 e. The first kappa shape index (κ1) is 8.42. The average Bonchev–Trinajstić information content (AvgIpc) is 2.57. The summed E-state index contributed by atoms with van der Waals surface area (Å²) >= 11 is 7.97. The SMILES string of the molecule is Clc1ccccc1C1NCCS1. The molecule has 0 saturated carbocycles. The van der Waals surface area contributed by atoms with Gasteiger partial charge in [-0.05, 0) is 11.6 Å². The van der Waals surface area contributed by atoms with E-state index in [1.807, 2.05) is 30.0 Å². The first-order valence-electron chi connectivity index (χ1n) is 3.97. The van der Waals surface area contributed by atoms with Gasteiger partial charge in [-0.25, -0.2) is 0 Å². The Morgan fingerprint density at radius 1 is 1.42 bits per heavy atom. The molecule has 1 aliphatic heterocycles. The van der Waals surface area contributed by atoms with Crippen molar-refractivity contribution in [2.24, 2.45) is 0 Å². The molecule has 0 spiro atoms. The van der Waals surface area contributed by atoms with Crippen molar-refractivity contribution in [3.63, 3.8) is 0 Å². The van der Waals surface area contributed by atoms with Gasteiger partial charge in [0.15, 0.2) is 0 Å². The van der Waals surface area contributed by atoms with Crippen molar-refractivity contribution >= 4 is 23.4 Å². The maximum absolute atomic E-state index is 6.05. The van der Waals surface area contributed by atoms with Crippen LogP contribution in [0.1, 0.15) is 10.9 Å². The van der Waals surface area contributed by atoms with E-state index in [4.69, 9.17) is 11.6 Å². The predicted octanol–water partition coefficient (Wildman–Crippen LogP) is 2.68. The second kappa shape index (κ2) is 3.69. The first-order valence-corrected chi connectivity index (χ1v) is 5.40. The van der Waals surface area contributed by atoms with E-state index in [9.17, 15) is 0 Å². The molecule has 1 heterocycles. The molecule has 0 aromatic heterocycles. The molecule has 0 amide bonds. The van der Waals surface area contributed by atoms with Crippen LogP contribution in [0, 0.1) is 0 Å². The normalized spacial score (nSPS) is 22.9. The molecule has 1 unspecified atom stereocenters. The summed E-state index contributed by atoms with van der Waals surface area (Å²) in [4.78, 5) is 0. The van der Waals surface area contributed by atoms with E-state index in [0.29, 0.717) is 5.37 Å². The smallest absolute Gasteiger partial charge is 0.0804 e. The molecule has 12 heavy (non-hydrogen) atoms. The van der Waals surface area contributed by atoms with Crippen molar-refractivity contribution in [2.75, 3.05) is 12.3 Å². The third-order valence-electron chi connectivity index (χ3n) is 1.90. The van der Waals surface area contributed by atoms with Gasteiger partial charge in [0, 0.05) is 17.3 Å². The lowest BCUT2D eigenvalue weighted by atomic mass is 10.2. The Morgan fingerprint density at radius 3 is 2.92 bits per heavy atom. The molecule has 1 atom stereocenters. The number of thioether (sulfide) groups is 1. The average molecular weight is 200 g/mol. The van der Waals surface area contributed by atoms with Crippen LogP contribution < -0.4 is 5.32 Å². The lowest BCUT2D eigenvalue weighted by Gasteiger charge is -2.10. The summed E-state index contributed by atoms with van der Waals surface area (Å²) in [7, 11) is 0. The molecule has 1 aromatic carbocycles. The van der Waals surface area contributed by atoms with Crippen LogP contribution in [0.15, 0.2) is 24.3 Å². The van der Waals surface area contributed by atoms with Crippen molar-refractivity contribution in [3.05, 3.63) is 34.9 Å². The predicted molar refractivity (Wildman–Crippen MR) is 54.7 cm³/mol. The molecule has 1 aliphatic rings. The highest BCUT2D eigenvalue weighted by Crippen LogP contribution is 2.33. The van der Waals surface area contributed by atoms with Crippen LogP contribution in [0.3, 0.4) is 0 Å². The van der Waals surface area contributed by atoms with Crippen molar-refractivity contribution in [3.8, 4) is 0 Å². The van der Waals surface area contributed by atoms with E-state index in [-0.39, 0.29) is 0 Å². The summed E-state index contributed by atoms with van der Waals surface area (Å²) in [5.74, 6) is 1.18. The van der Waals surface area contributed by atoms with Crippen LogP contribution in [0.5, 0.6) is 0 Å². The fourth-order valence-corrected chi connectivity index (χ4v) is 2.71. The minimum Gasteiger partial charge on any atom is -0.301 e. The number of benzene rings is 1. The van der Waals surface area contributed by atoms with Gasteiger partial charge in [-0.3, -0.25) is 0 Å². The highest BCUT2D eigenvalue weighted by molar-refractivity contribution is 7.99. The van der Waals surface area contributed by atoms with Crippen LogP contribution >= 0.6 is 23.4 Å². The Labute approximate surface area is 81.5 Å². The Morgan fingerprint density at radius 2 is 2.25 bits per heavy atom. The second-order valence-electron chi connectivity index (χ2n) is 2.73. The topological polar surface area (TPSA) is 12.0 Å². The highest BCUT2D eigenvalue weighted by Gasteiger charge is 2.18. The Balaban J connectivity index is 2.26. The third kappa shape index (κ3) is 1.60. The van der Waals surface area contributed by atoms with Gasteiger partial charge in [0.1, 0.15) is 0 Å². The molecule has 2 rings (SSSR count). The summed E-state index contributed by atoms with van der Waals surface area (Å²) < 4.78 is 0. The van der Waals surface area contributed by atoms with Crippen LogP contribution in [-0.2, 0) is 0 Å². The lowest BCUT2D eigenvalue weighted by Crippen LogP contribution is -2.12. The fraction of sp³-hybridized carbons (Fsp3) is 0.333. The molecule has 0 bridgehead atoms. The minimum absolute atomic E-state index is 0.402. The number of hydrogen-bond acceptors (Lipinski definition) is 2. The summed E-state index contributed by atoms with van der Waals surface area (Å²) in [6.45, 7) is 1.08. The number of hydrogen-bond donors (Lipinski definition) is 1. The number of rotatable bonds is 1. The monoisotopic (exact) mass is 199 g/mol. The van der Waals surface area contributed by atoms with Crippen molar-refractivity contribution in [2.45, 2.75) is 5.37 Å². The van der Waals surface area contributed by atoms with Gasteiger partial charge in [-0.15, -0.1) is 11.8 Å². The minimum atomic E-state index is 0.402. The molecule has 1 N–H and O–H groups in total.